The number of hydrogen-bond acceptors (Lipinski definition) is 6. The summed E-state index contributed by atoms with van der Waals surface area (Å²) in [7, 11) is 2.84. The van der Waals surface area contributed by atoms with E-state index in [0.717, 1.165) is 11.5 Å². The number of esters is 1. The van der Waals surface area contributed by atoms with Crippen molar-refractivity contribution in [2.75, 3.05) is 14.2 Å². The molecule has 0 aliphatic carbocycles. The van der Waals surface area contributed by atoms with Crippen molar-refractivity contribution in [3.05, 3.63) is 35.0 Å². The molecule has 0 bridgehead atoms. The lowest BCUT2D eigenvalue weighted by Gasteiger charge is -2.05. The Morgan fingerprint density at radius 2 is 2.21 bits per heavy atom. The van der Waals surface area contributed by atoms with E-state index in [9.17, 15) is 4.79 Å². The minimum absolute atomic E-state index is 0.160. The van der Waals surface area contributed by atoms with E-state index in [1.165, 1.54) is 14.2 Å². The minimum Gasteiger partial charge on any atom is -0.464 e. The van der Waals surface area contributed by atoms with Gasteiger partial charge in [-0.2, -0.15) is 0 Å². The molecule has 0 aliphatic heterocycles. The molecule has 0 amide bonds. The van der Waals surface area contributed by atoms with Gasteiger partial charge in [0.1, 0.15) is 18.1 Å². The van der Waals surface area contributed by atoms with E-state index in [2.05, 4.69) is 15.0 Å². The zero-order valence-corrected chi connectivity index (χ0v) is 11.0. The number of nitrogens with zero attached hydrogens (tertiary/aromatic N) is 3. The van der Waals surface area contributed by atoms with Crippen molar-refractivity contribution in [2.45, 2.75) is 20.1 Å². The van der Waals surface area contributed by atoms with Crippen LogP contribution in [0.1, 0.15) is 27.7 Å². The molecule has 2 aromatic heterocycles. The van der Waals surface area contributed by atoms with Crippen LogP contribution < -0.4 is 0 Å². The number of rotatable bonds is 5. The number of methoxy groups -OCH3 is 2. The third-order valence-electron chi connectivity index (χ3n) is 2.60. The van der Waals surface area contributed by atoms with Crippen LogP contribution in [0.5, 0.6) is 0 Å². The fraction of sp³-hybridized carbons (Fsp3) is 0.417. The van der Waals surface area contributed by atoms with Gasteiger partial charge >= 0.3 is 5.97 Å². The normalized spacial score (nSPS) is 10.7. The number of carbonyl (C=O) groups excluding carboxylic acids is 1. The fourth-order valence-corrected chi connectivity index (χ4v) is 1.71. The summed E-state index contributed by atoms with van der Waals surface area (Å²) in [6.07, 6.45) is 0. The standard InChI is InChI=1S/C12H15N3O4/c1-8-4-5-9(19-8)6-15-10(7-17-2)11(13-14-15)12(16)18-3/h4-5H,6-7H2,1-3H3. The van der Waals surface area contributed by atoms with Crippen molar-refractivity contribution in [2.24, 2.45) is 0 Å². The molecule has 0 fully saturated rings. The van der Waals surface area contributed by atoms with E-state index in [4.69, 9.17) is 9.15 Å². The zero-order valence-electron chi connectivity index (χ0n) is 11.0. The first-order valence-electron chi connectivity index (χ1n) is 5.70. The van der Waals surface area contributed by atoms with Gasteiger partial charge in [-0.15, -0.1) is 5.10 Å². The highest BCUT2D eigenvalue weighted by molar-refractivity contribution is 5.88. The third-order valence-corrected chi connectivity index (χ3v) is 2.60. The Balaban J connectivity index is 2.29. The molecule has 0 unspecified atom stereocenters. The summed E-state index contributed by atoms with van der Waals surface area (Å²) in [6.45, 7) is 2.47. The molecule has 0 saturated heterocycles. The summed E-state index contributed by atoms with van der Waals surface area (Å²) in [5, 5.41) is 7.76. The molecule has 7 heteroatoms. The molecule has 0 spiro atoms. The van der Waals surface area contributed by atoms with Gasteiger partial charge in [0.2, 0.25) is 0 Å². The Morgan fingerprint density at radius 3 is 2.79 bits per heavy atom. The molecule has 2 aromatic rings. The molecule has 0 N–H and O–H groups in total. The summed E-state index contributed by atoms with van der Waals surface area (Å²) in [5.41, 5.74) is 0.719. The number of hydrogen-bond donors (Lipinski definition) is 0. The molecule has 19 heavy (non-hydrogen) atoms. The van der Waals surface area contributed by atoms with E-state index >= 15 is 0 Å². The van der Waals surface area contributed by atoms with Gasteiger partial charge in [0, 0.05) is 7.11 Å². The van der Waals surface area contributed by atoms with E-state index in [-0.39, 0.29) is 12.3 Å². The van der Waals surface area contributed by atoms with Gasteiger partial charge in [-0.05, 0) is 19.1 Å². The molecule has 0 radical (unpaired) electrons. The number of aromatic nitrogens is 3. The highest BCUT2D eigenvalue weighted by Crippen LogP contribution is 2.13. The minimum atomic E-state index is -0.533. The van der Waals surface area contributed by atoms with Crippen LogP contribution in [0.4, 0.5) is 0 Å². The van der Waals surface area contributed by atoms with Crippen LogP contribution in [0.15, 0.2) is 16.5 Å². The lowest BCUT2D eigenvalue weighted by molar-refractivity contribution is 0.0588. The number of carbonyl (C=O) groups is 1. The Morgan fingerprint density at radius 1 is 1.42 bits per heavy atom. The lowest BCUT2D eigenvalue weighted by Crippen LogP contribution is -2.11. The fourth-order valence-electron chi connectivity index (χ4n) is 1.71. The van der Waals surface area contributed by atoms with Crippen LogP contribution in [-0.4, -0.2) is 35.2 Å². The van der Waals surface area contributed by atoms with E-state index in [1.54, 1.807) is 4.68 Å². The topological polar surface area (TPSA) is 79.4 Å². The number of ether oxygens (including phenoxy) is 2. The maximum absolute atomic E-state index is 11.6. The van der Waals surface area contributed by atoms with Crippen molar-refractivity contribution >= 4 is 5.97 Å². The molecular weight excluding hydrogens is 250 g/mol. The summed E-state index contributed by atoms with van der Waals surface area (Å²) in [5.74, 6) is 1.02. The molecule has 0 atom stereocenters. The summed E-state index contributed by atoms with van der Waals surface area (Å²) < 4.78 is 16.8. The maximum Gasteiger partial charge on any atom is 0.360 e. The van der Waals surface area contributed by atoms with Crippen molar-refractivity contribution in [1.82, 2.24) is 15.0 Å². The van der Waals surface area contributed by atoms with Crippen LogP contribution in [0.25, 0.3) is 0 Å². The number of aryl methyl sites for hydroxylation is 1. The van der Waals surface area contributed by atoms with E-state index in [0.29, 0.717) is 12.2 Å². The molecular formula is C12H15N3O4. The van der Waals surface area contributed by atoms with Gasteiger partial charge in [0.25, 0.3) is 0 Å². The van der Waals surface area contributed by atoms with Gasteiger partial charge in [0.05, 0.1) is 19.4 Å². The van der Waals surface area contributed by atoms with Crippen molar-refractivity contribution in [3.63, 3.8) is 0 Å². The van der Waals surface area contributed by atoms with Crippen LogP contribution >= 0.6 is 0 Å². The highest BCUT2D eigenvalue weighted by atomic mass is 16.5. The van der Waals surface area contributed by atoms with Gasteiger partial charge in [-0.3, -0.25) is 0 Å². The summed E-state index contributed by atoms with van der Waals surface area (Å²) in [4.78, 5) is 11.6. The predicted molar refractivity (Wildman–Crippen MR) is 64.6 cm³/mol. The predicted octanol–water partition coefficient (Wildman–Crippen LogP) is 1.16. The first kappa shape index (κ1) is 13.3. The highest BCUT2D eigenvalue weighted by Gasteiger charge is 2.20. The zero-order chi connectivity index (χ0) is 13.8. The van der Waals surface area contributed by atoms with E-state index < -0.39 is 5.97 Å². The third kappa shape index (κ3) is 2.82. The van der Waals surface area contributed by atoms with Gasteiger partial charge in [-0.1, -0.05) is 5.21 Å². The molecule has 2 rings (SSSR count). The van der Waals surface area contributed by atoms with Gasteiger partial charge in [0.15, 0.2) is 5.69 Å². The molecule has 102 valence electrons. The van der Waals surface area contributed by atoms with Crippen molar-refractivity contribution in [1.29, 1.82) is 0 Å². The van der Waals surface area contributed by atoms with Gasteiger partial charge < -0.3 is 13.9 Å². The molecule has 0 aliphatic rings. The average Bonchev–Trinajstić information content (AvgIpc) is 2.97. The Labute approximate surface area is 110 Å². The molecule has 0 saturated carbocycles. The van der Waals surface area contributed by atoms with Crippen LogP contribution in [0.2, 0.25) is 0 Å². The lowest BCUT2D eigenvalue weighted by atomic mass is 10.3. The Kier molecular flexibility index (Phi) is 3.96. The van der Waals surface area contributed by atoms with Crippen LogP contribution in [-0.2, 0) is 22.6 Å². The summed E-state index contributed by atoms with van der Waals surface area (Å²) >= 11 is 0. The molecule has 7 nitrogen and oxygen atoms in total. The molecule has 0 aromatic carbocycles. The quantitative estimate of drug-likeness (QED) is 0.755. The second-order valence-electron chi connectivity index (χ2n) is 3.98. The van der Waals surface area contributed by atoms with Crippen LogP contribution in [0.3, 0.4) is 0 Å². The second-order valence-corrected chi connectivity index (χ2v) is 3.98. The number of furan rings is 1. The summed E-state index contributed by atoms with van der Waals surface area (Å²) in [6, 6.07) is 3.72. The average molecular weight is 265 g/mol. The van der Waals surface area contributed by atoms with E-state index in [1.807, 2.05) is 19.1 Å². The SMILES string of the molecule is COCc1c(C(=O)OC)nnn1Cc1ccc(C)o1. The van der Waals surface area contributed by atoms with Crippen LogP contribution in [0, 0.1) is 6.92 Å². The van der Waals surface area contributed by atoms with Crippen molar-refractivity contribution < 1.29 is 18.7 Å². The molecule has 2 heterocycles. The Hall–Kier alpha value is -2.15. The first-order chi connectivity index (χ1) is 9.15. The van der Waals surface area contributed by atoms with Crippen molar-refractivity contribution in [3.8, 4) is 0 Å². The monoisotopic (exact) mass is 265 g/mol. The second kappa shape index (κ2) is 5.66. The maximum atomic E-state index is 11.6. The Bertz CT molecular complexity index is 573. The smallest absolute Gasteiger partial charge is 0.360 e. The van der Waals surface area contributed by atoms with Gasteiger partial charge in [-0.25, -0.2) is 9.48 Å². The first-order valence-corrected chi connectivity index (χ1v) is 5.70. The largest absolute Gasteiger partial charge is 0.464 e.